The van der Waals surface area contributed by atoms with E-state index in [0.717, 1.165) is 23.1 Å². The van der Waals surface area contributed by atoms with E-state index < -0.39 is 0 Å². The van der Waals surface area contributed by atoms with Gasteiger partial charge in [-0.05, 0) is 39.7 Å². The van der Waals surface area contributed by atoms with E-state index in [0.29, 0.717) is 25.3 Å². The average Bonchev–Trinajstić information content (AvgIpc) is 2.64. The van der Waals surface area contributed by atoms with Gasteiger partial charge in [0.25, 0.3) is 5.91 Å². The quantitative estimate of drug-likeness (QED) is 0.827. The van der Waals surface area contributed by atoms with Crippen LogP contribution < -0.4 is 5.32 Å². The van der Waals surface area contributed by atoms with Crippen LogP contribution in [0.5, 0.6) is 0 Å². The number of hydrogen-bond acceptors (Lipinski definition) is 4. The first-order valence-corrected chi connectivity index (χ1v) is 8.89. The molecule has 1 fully saturated rings. The van der Waals surface area contributed by atoms with Crippen molar-refractivity contribution in [1.82, 2.24) is 15.2 Å². The molecule has 1 amide bonds. The van der Waals surface area contributed by atoms with Crippen molar-refractivity contribution in [2.75, 3.05) is 32.8 Å². The van der Waals surface area contributed by atoms with Crippen molar-refractivity contribution >= 4 is 21.8 Å². The molecule has 0 bridgehead atoms. The summed E-state index contributed by atoms with van der Waals surface area (Å²) in [5.74, 6) is -0.456. The third-order valence-electron chi connectivity index (χ3n) is 4.16. The number of amides is 1. The summed E-state index contributed by atoms with van der Waals surface area (Å²) in [6, 6.07) is 8.12. The van der Waals surface area contributed by atoms with Gasteiger partial charge in [-0.1, -0.05) is 12.1 Å². The van der Waals surface area contributed by atoms with E-state index in [4.69, 9.17) is 4.74 Å². The molecule has 0 saturated carbocycles. The van der Waals surface area contributed by atoms with Crippen LogP contribution >= 0.6 is 15.9 Å². The van der Waals surface area contributed by atoms with Crippen LogP contribution in [-0.4, -0.2) is 48.6 Å². The summed E-state index contributed by atoms with van der Waals surface area (Å²) < 4.78 is 19.4. The van der Waals surface area contributed by atoms with Crippen molar-refractivity contribution in [2.24, 2.45) is 0 Å². The van der Waals surface area contributed by atoms with Crippen LogP contribution in [0.3, 0.4) is 0 Å². The highest BCUT2D eigenvalue weighted by Gasteiger charge is 2.23. The molecule has 25 heavy (non-hydrogen) atoms. The lowest BCUT2D eigenvalue weighted by atomic mass is 10.0. The number of rotatable bonds is 5. The molecule has 3 rings (SSSR count). The highest BCUT2D eigenvalue weighted by Crippen LogP contribution is 2.22. The number of benzene rings is 1. The summed E-state index contributed by atoms with van der Waals surface area (Å²) in [6.07, 6.45) is 3.16. The Bertz CT molecular complexity index is 721. The molecule has 1 aliphatic heterocycles. The van der Waals surface area contributed by atoms with E-state index in [9.17, 15) is 9.18 Å². The van der Waals surface area contributed by atoms with Crippen molar-refractivity contribution < 1.29 is 13.9 Å². The fourth-order valence-electron chi connectivity index (χ4n) is 2.86. The largest absolute Gasteiger partial charge is 0.379 e. The van der Waals surface area contributed by atoms with E-state index in [1.807, 2.05) is 0 Å². The predicted molar refractivity (Wildman–Crippen MR) is 95.8 cm³/mol. The monoisotopic (exact) mass is 407 g/mol. The molecule has 1 saturated heterocycles. The number of carbonyl (C=O) groups excluding carboxylic acids is 1. The maximum absolute atomic E-state index is 13.3. The highest BCUT2D eigenvalue weighted by molar-refractivity contribution is 9.10. The first kappa shape index (κ1) is 18.0. The molecule has 1 aliphatic rings. The van der Waals surface area contributed by atoms with Gasteiger partial charge in [0.1, 0.15) is 5.82 Å². The number of halogens is 2. The zero-order chi connectivity index (χ0) is 17.6. The maximum Gasteiger partial charge on any atom is 0.252 e. The topological polar surface area (TPSA) is 54.5 Å². The zero-order valence-corrected chi connectivity index (χ0v) is 15.2. The molecule has 1 aromatic heterocycles. The summed E-state index contributed by atoms with van der Waals surface area (Å²) in [5.41, 5.74) is 1.46. The molecule has 1 aromatic carbocycles. The number of aromatic nitrogens is 1. The second-order valence-corrected chi connectivity index (χ2v) is 6.73. The molecule has 2 aromatic rings. The minimum absolute atomic E-state index is 0.0337. The van der Waals surface area contributed by atoms with Crippen molar-refractivity contribution in [3.63, 3.8) is 0 Å². The Hall–Kier alpha value is -1.83. The number of pyridine rings is 1. The number of nitrogens with one attached hydrogen (secondary N) is 1. The summed E-state index contributed by atoms with van der Waals surface area (Å²) in [6.45, 7) is 3.28. The number of hydrogen-bond donors (Lipinski definition) is 1. The molecule has 0 radical (unpaired) electrons. The standard InChI is InChI=1S/C18H19BrFN3O2/c19-15-9-14(10-21-11-15)18(24)22-12-17(23-5-7-25-8-6-23)13-1-3-16(20)4-2-13/h1-4,9-11,17H,5-8,12H2,(H,22,24). The van der Waals surface area contributed by atoms with Crippen LogP contribution in [0.4, 0.5) is 4.39 Å². The lowest BCUT2D eigenvalue weighted by molar-refractivity contribution is 0.0162. The van der Waals surface area contributed by atoms with Crippen molar-refractivity contribution in [1.29, 1.82) is 0 Å². The summed E-state index contributed by atoms with van der Waals surface area (Å²) in [4.78, 5) is 18.7. The Morgan fingerprint density at radius 3 is 2.68 bits per heavy atom. The van der Waals surface area contributed by atoms with Crippen LogP contribution in [0.2, 0.25) is 0 Å². The predicted octanol–water partition coefficient (Wildman–Crippen LogP) is 2.79. The highest BCUT2D eigenvalue weighted by atomic mass is 79.9. The van der Waals surface area contributed by atoms with Gasteiger partial charge in [0, 0.05) is 36.5 Å². The second-order valence-electron chi connectivity index (χ2n) is 5.82. The number of nitrogens with zero attached hydrogens (tertiary/aromatic N) is 2. The first-order valence-electron chi connectivity index (χ1n) is 8.09. The van der Waals surface area contributed by atoms with Gasteiger partial charge in [-0.2, -0.15) is 0 Å². The summed E-state index contributed by atoms with van der Waals surface area (Å²) in [7, 11) is 0. The first-order chi connectivity index (χ1) is 12.1. The van der Waals surface area contributed by atoms with Crippen molar-refractivity contribution in [2.45, 2.75) is 6.04 Å². The van der Waals surface area contributed by atoms with Gasteiger partial charge in [-0.15, -0.1) is 0 Å². The van der Waals surface area contributed by atoms with Crippen LogP contribution in [0, 0.1) is 5.82 Å². The normalized spacial score (nSPS) is 16.4. The SMILES string of the molecule is O=C(NCC(c1ccc(F)cc1)N1CCOCC1)c1cncc(Br)c1. The zero-order valence-electron chi connectivity index (χ0n) is 13.6. The van der Waals surface area contributed by atoms with E-state index in [1.54, 1.807) is 24.4 Å². The molecular weight excluding hydrogens is 389 g/mol. The van der Waals surface area contributed by atoms with E-state index >= 15 is 0 Å². The Morgan fingerprint density at radius 1 is 1.28 bits per heavy atom. The van der Waals surface area contributed by atoms with E-state index in [-0.39, 0.29) is 17.8 Å². The molecule has 0 spiro atoms. The van der Waals surface area contributed by atoms with Gasteiger partial charge in [0.05, 0.1) is 24.8 Å². The Kier molecular flexibility index (Phi) is 6.12. The van der Waals surface area contributed by atoms with Crippen LogP contribution in [0.1, 0.15) is 22.0 Å². The fourth-order valence-corrected chi connectivity index (χ4v) is 3.22. The van der Waals surface area contributed by atoms with Gasteiger partial charge in [0.15, 0.2) is 0 Å². The molecular formula is C18H19BrFN3O2. The third kappa shape index (κ3) is 4.84. The van der Waals surface area contributed by atoms with E-state index in [2.05, 4.69) is 31.1 Å². The van der Waals surface area contributed by atoms with E-state index in [1.165, 1.54) is 18.3 Å². The number of ether oxygens (including phenoxy) is 1. The Morgan fingerprint density at radius 2 is 2.00 bits per heavy atom. The summed E-state index contributed by atoms with van der Waals surface area (Å²) in [5, 5.41) is 2.96. The molecule has 2 heterocycles. The second kappa shape index (κ2) is 8.51. The molecule has 132 valence electrons. The molecule has 5 nitrogen and oxygen atoms in total. The Balaban J connectivity index is 1.73. The van der Waals surface area contributed by atoms with Crippen molar-refractivity contribution in [3.8, 4) is 0 Å². The van der Waals surface area contributed by atoms with Gasteiger partial charge >= 0.3 is 0 Å². The lowest BCUT2D eigenvalue weighted by Crippen LogP contribution is -2.43. The molecule has 7 heteroatoms. The lowest BCUT2D eigenvalue weighted by Gasteiger charge is -2.35. The van der Waals surface area contributed by atoms with Gasteiger partial charge in [0.2, 0.25) is 0 Å². The maximum atomic E-state index is 13.3. The minimum atomic E-state index is -0.270. The van der Waals surface area contributed by atoms with Crippen LogP contribution in [-0.2, 0) is 4.74 Å². The molecule has 1 atom stereocenters. The van der Waals surface area contributed by atoms with Crippen LogP contribution in [0.15, 0.2) is 47.2 Å². The van der Waals surface area contributed by atoms with Crippen LogP contribution in [0.25, 0.3) is 0 Å². The van der Waals surface area contributed by atoms with Gasteiger partial charge < -0.3 is 10.1 Å². The molecule has 0 aliphatic carbocycles. The van der Waals surface area contributed by atoms with Gasteiger partial charge in [-0.25, -0.2) is 4.39 Å². The third-order valence-corrected chi connectivity index (χ3v) is 4.60. The van der Waals surface area contributed by atoms with Gasteiger partial charge in [-0.3, -0.25) is 14.7 Å². The number of carbonyl (C=O) groups is 1. The molecule has 1 N–H and O–H groups in total. The minimum Gasteiger partial charge on any atom is -0.379 e. The van der Waals surface area contributed by atoms with Crippen molar-refractivity contribution in [3.05, 3.63) is 64.1 Å². The smallest absolute Gasteiger partial charge is 0.252 e. The number of morpholine rings is 1. The average molecular weight is 408 g/mol. The molecule has 1 unspecified atom stereocenters. The fraction of sp³-hybridized carbons (Fsp3) is 0.333. The Labute approximate surface area is 154 Å². The summed E-state index contributed by atoms with van der Waals surface area (Å²) >= 11 is 3.32.